The van der Waals surface area contributed by atoms with Gasteiger partial charge in [0.2, 0.25) is 11.6 Å². The molecule has 0 unspecified atom stereocenters. The minimum atomic E-state index is -0.235. The van der Waals surface area contributed by atoms with Crippen molar-refractivity contribution in [3.05, 3.63) is 69.0 Å². The predicted molar refractivity (Wildman–Crippen MR) is 85.8 cm³/mol. The molecule has 2 N–H and O–H groups in total. The molecule has 0 radical (unpaired) electrons. The Balaban J connectivity index is 1.82. The molecule has 0 spiro atoms. The quantitative estimate of drug-likeness (QED) is 0.713. The topological polar surface area (TPSA) is 58.2 Å². The van der Waals surface area contributed by atoms with Crippen LogP contribution in [0.1, 0.15) is 20.7 Å². The Kier molecular flexibility index (Phi) is 2.79. The largest absolute Gasteiger partial charge is 0.350 e. The van der Waals surface area contributed by atoms with E-state index in [1.165, 1.54) is 0 Å². The Bertz CT molecular complexity index is 830. The SMILES string of the molecule is O=C1/C(=C2\Nc3cc(Cl)ccc3C2=O)Nc2cc(Cl)ccc21. The van der Waals surface area contributed by atoms with Crippen molar-refractivity contribution in [2.24, 2.45) is 0 Å². The van der Waals surface area contributed by atoms with E-state index in [1.54, 1.807) is 36.4 Å². The second-order valence-corrected chi connectivity index (χ2v) is 5.91. The molecule has 2 aromatic carbocycles. The van der Waals surface area contributed by atoms with Gasteiger partial charge in [-0.15, -0.1) is 0 Å². The molecule has 6 heteroatoms. The third-order valence-electron chi connectivity index (χ3n) is 3.68. The second-order valence-electron chi connectivity index (χ2n) is 5.04. The predicted octanol–water partition coefficient (Wildman–Crippen LogP) is 4.12. The number of rotatable bonds is 0. The average Bonchev–Trinajstić information content (AvgIpc) is 2.96. The van der Waals surface area contributed by atoms with Crippen molar-refractivity contribution in [3.63, 3.8) is 0 Å². The van der Waals surface area contributed by atoms with Crippen LogP contribution in [0.25, 0.3) is 0 Å². The van der Waals surface area contributed by atoms with Crippen LogP contribution in [0.5, 0.6) is 0 Å². The zero-order valence-electron chi connectivity index (χ0n) is 11.0. The lowest BCUT2D eigenvalue weighted by atomic mass is 10.1. The van der Waals surface area contributed by atoms with E-state index in [4.69, 9.17) is 23.2 Å². The standard InChI is InChI=1S/C16H8Cl2N2O2/c17-7-1-3-9-11(5-7)19-13(15(9)21)14-16(22)10-4-2-8(18)6-12(10)20-14/h1-6,19-20H/b14-13+. The van der Waals surface area contributed by atoms with Crippen molar-refractivity contribution < 1.29 is 9.59 Å². The summed E-state index contributed by atoms with van der Waals surface area (Å²) in [6.07, 6.45) is 0. The zero-order valence-corrected chi connectivity index (χ0v) is 12.5. The van der Waals surface area contributed by atoms with E-state index < -0.39 is 0 Å². The van der Waals surface area contributed by atoms with Gasteiger partial charge in [-0.05, 0) is 36.4 Å². The van der Waals surface area contributed by atoms with Gasteiger partial charge in [-0.1, -0.05) is 23.2 Å². The van der Waals surface area contributed by atoms with Crippen molar-refractivity contribution in [2.75, 3.05) is 10.6 Å². The molecule has 4 rings (SSSR count). The van der Waals surface area contributed by atoms with E-state index in [1.807, 2.05) is 0 Å². The maximum Gasteiger partial charge on any atom is 0.213 e. The number of anilines is 2. The van der Waals surface area contributed by atoms with E-state index in [2.05, 4.69) is 10.6 Å². The molecule has 0 saturated heterocycles. The average molecular weight is 331 g/mol. The van der Waals surface area contributed by atoms with Gasteiger partial charge < -0.3 is 10.6 Å². The maximum atomic E-state index is 12.5. The normalized spacial score (nSPS) is 18.8. The molecule has 0 bridgehead atoms. The summed E-state index contributed by atoms with van der Waals surface area (Å²) in [5.74, 6) is -0.470. The van der Waals surface area contributed by atoms with Crippen LogP contribution in [0.15, 0.2) is 47.8 Å². The van der Waals surface area contributed by atoms with Crippen LogP contribution in [-0.4, -0.2) is 11.6 Å². The van der Waals surface area contributed by atoms with Gasteiger partial charge in [0, 0.05) is 21.2 Å². The number of halogens is 2. The molecule has 0 fully saturated rings. The van der Waals surface area contributed by atoms with Gasteiger partial charge in [0.05, 0.1) is 11.4 Å². The summed E-state index contributed by atoms with van der Waals surface area (Å²) in [7, 11) is 0. The highest BCUT2D eigenvalue weighted by Gasteiger charge is 2.34. The zero-order chi connectivity index (χ0) is 15.4. The fourth-order valence-corrected chi connectivity index (χ4v) is 2.98. The minimum Gasteiger partial charge on any atom is -0.350 e. The number of allylic oxidation sites excluding steroid dienone is 2. The molecular weight excluding hydrogens is 323 g/mol. The van der Waals surface area contributed by atoms with Gasteiger partial charge in [-0.25, -0.2) is 0 Å². The number of carbonyl (C=O) groups is 2. The first-order chi connectivity index (χ1) is 10.5. The number of benzene rings is 2. The Morgan fingerprint density at radius 1 is 0.682 bits per heavy atom. The highest BCUT2D eigenvalue weighted by atomic mass is 35.5. The van der Waals surface area contributed by atoms with Crippen molar-refractivity contribution in [1.82, 2.24) is 0 Å². The van der Waals surface area contributed by atoms with Gasteiger partial charge in [0.1, 0.15) is 11.4 Å². The van der Waals surface area contributed by atoms with E-state index in [-0.39, 0.29) is 23.0 Å². The van der Waals surface area contributed by atoms with Crippen LogP contribution in [0.2, 0.25) is 10.0 Å². The number of hydrogen-bond donors (Lipinski definition) is 2. The number of ketones is 2. The highest BCUT2D eigenvalue weighted by molar-refractivity contribution is 6.33. The van der Waals surface area contributed by atoms with Gasteiger partial charge in [0.25, 0.3) is 0 Å². The first-order valence-electron chi connectivity index (χ1n) is 6.51. The Labute approximate surface area is 135 Å². The molecule has 22 heavy (non-hydrogen) atoms. The number of nitrogens with one attached hydrogen (secondary N) is 2. The molecule has 108 valence electrons. The van der Waals surface area contributed by atoms with Gasteiger partial charge in [0.15, 0.2) is 0 Å². The monoisotopic (exact) mass is 330 g/mol. The van der Waals surface area contributed by atoms with Gasteiger partial charge >= 0.3 is 0 Å². The van der Waals surface area contributed by atoms with Gasteiger partial charge in [-0.3, -0.25) is 9.59 Å². The molecule has 2 aliphatic rings. The summed E-state index contributed by atoms with van der Waals surface area (Å²) in [5, 5.41) is 6.99. The lowest BCUT2D eigenvalue weighted by Gasteiger charge is -2.03. The fourth-order valence-electron chi connectivity index (χ4n) is 2.64. The molecule has 4 nitrogen and oxygen atoms in total. The van der Waals surface area contributed by atoms with Crippen molar-refractivity contribution >= 4 is 46.1 Å². The second kappa shape index (κ2) is 4.60. The van der Waals surface area contributed by atoms with Crippen molar-refractivity contribution in [2.45, 2.75) is 0 Å². The van der Waals surface area contributed by atoms with E-state index in [9.17, 15) is 9.59 Å². The van der Waals surface area contributed by atoms with Crippen LogP contribution < -0.4 is 10.6 Å². The number of fused-ring (bicyclic) bond motifs is 2. The van der Waals surface area contributed by atoms with Crippen molar-refractivity contribution in [3.8, 4) is 0 Å². The molecular formula is C16H8Cl2N2O2. The number of hydrogen-bond acceptors (Lipinski definition) is 4. The summed E-state index contributed by atoms with van der Waals surface area (Å²) in [6.45, 7) is 0. The summed E-state index contributed by atoms with van der Waals surface area (Å²) in [6, 6.07) is 9.89. The first kappa shape index (κ1) is 13.4. The third-order valence-corrected chi connectivity index (χ3v) is 4.15. The van der Waals surface area contributed by atoms with Crippen LogP contribution in [0.3, 0.4) is 0 Å². The molecule has 0 saturated carbocycles. The Morgan fingerprint density at radius 2 is 1.09 bits per heavy atom. The maximum absolute atomic E-state index is 12.5. The van der Waals surface area contributed by atoms with E-state index in [0.717, 1.165) is 0 Å². The number of carbonyl (C=O) groups excluding carboxylic acids is 2. The van der Waals surface area contributed by atoms with E-state index in [0.29, 0.717) is 32.5 Å². The first-order valence-corrected chi connectivity index (χ1v) is 7.27. The summed E-state index contributed by atoms with van der Waals surface area (Å²) >= 11 is 11.9. The Morgan fingerprint density at radius 3 is 1.50 bits per heavy atom. The van der Waals surface area contributed by atoms with Crippen LogP contribution in [0.4, 0.5) is 11.4 Å². The lowest BCUT2D eigenvalue weighted by molar-refractivity contribution is 0.101. The fraction of sp³-hybridized carbons (Fsp3) is 0. The molecule has 2 aromatic rings. The Hall–Kier alpha value is -2.30. The van der Waals surface area contributed by atoms with Crippen LogP contribution in [-0.2, 0) is 0 Å². The molecule has 0 atom stereocenters. The molecule has 0 aliphatic carbocycles. The van der Waals surface area contributed by atoms with Crippen LogP contribution in [0, 0.1) is 0 Å². The summed E-state index contributed by atoms with van der Waals surface area (Å²) < 4.78 is 0. The highest BCUT2D eigenvalue weighted by Crippen LogP contribution is 2.36. The lowest BCUT2D eigenvalue weighted by Crippen LogP contribution is -2.13. The summed E-state index contributed by atoms with van der Waals surface area (Å²) in [5.41, 5.74) is 2.65. The molecule has 2 aliphatic heterocycles. The van der Waals surface area contributed by atoms with Crippen LogP contribution >= 0.6 is 23.2 Å². The summed E-state index contributed by atoms with van der Waals surface area (Å²) in [4.78, 5) is 25.0. The third kappa shape index (κ3) is 1.85. The van der Waals surface area contributed by atoms with Crippen molar-refractivity contribution in [1.29, 1.82) is 0 Å². The smallest absolute Gasteiger partial charge is 0.213 e. The number of Topliss-reactive ketones (excluding diaryl/α,β-unsaturated/α-hetero) is 2. The molecule has 0 aromatic heterocycles. The minimum absolute atomic E-state index is 0.231. The van der Waals surface area contributed by atoms with E-state index >= 15 is 0 Å². The van der Waals surface area contributed by atoms with Gasteiger partial charge in [-0.2, -0.15) is 0 Å². The molecule has 0 amide bonds. The molecule has 2 heterocycles.